The van der Waals surface area contributed by atoms with Crippen molar-refractivity contribution < 1.29 is 4.74 Å². The second-order valence-corrected chi connectivity index (χ2v) is 3.61. The lowest BCUT2D eigenvalue weighted by Gasteiger charge is -2.19. The van der Waals surface area contributed by atoms with Gasteiger partial charge in [0, 0.05) is 29.1 Å². The van der Waals surface area contributed by atoms with Gasteiger partial charge in [0.2, 0.25) is 0 Å². The van der Waals surface area contributed by atoms with E-state index in [1.54, 1.807) is 13.3 Å². The van der Waals surface area contributed by atoms with Crippen molar-refractivity contribution >= 4 is 11.3 Å². The van der Waals surface area contributed by atoms with Crippen LogP contribution in [0.4, 0.5) is 5.69 Å². The number of nitroso groups, excluding NO2 is 1. The Morgan fingerprint density at radius 1 is 1.44 bits per heavy atom. The molecule has 1 aromatic rings. The van der Waals surface area contributed by atoms with Crippen LogP contribution in [0, 0.1) is 11.8 Å². The molecule has 1 heterocycles. The fraction of sp³-hybridized carbons (Fsp3) is 0.167. The lowest BCUT2D eigenvalue weighted by atomic mass is 9.98. The summed E-state index contributed by atoms with van der Waals surface area (Å²) in [5.74, 6) is 0.801. The zero-order chi connectivity index (χ0) is 11.7. The minimum absolute atomic E-state index is 0.331. The van der Waals surface area contributed by atoms with E-state index in [1.165, 1.54) is 0 Å². The Hall–Kier alpha value is -2.10. The highest BCUT2D eigenvalue weighted by molar-refractivity contribution is 5.88. The summed E-state index contributed by atoms with van der Waals surface area (Å²) >= 11 is 0. The normalized spacial score (nSPS) is 13.6. The molecule has 0 atom stereocenters. The second-order valence-electron chi connectivity index (χ2n) is 3.61. The molecule has 0 amide bonds. The number of methoxy groups -OCH3 is 1. The molecular weight excluding hydrogens is 204 g/mol. The first-order valence-corrected chi connectivity index (χ1v) is 4.85. The van der Waals surface area contributed by atoms with E-state index in [9.17, 15) is 4.91 Å². The average molecular weight is 216 g/mol. The topological polar surface area (TPSA) is 50.7 Å². The van der Waals surface area contributed by atoms with Crippen LogP contribution in [-0.4, -0.2) is 7.11 Å². The van der Waals surface area contributed by atoms with Crippen molar-refractivity contribution in [2.24, 2.45) is 5.18 Å². The molecule has 1 aliphatic heterocycles. The number of fused-ring (bicyclic) bond motifs is 1. The van der Waals surface area contributed by atoms with Gasteiger partial charge in [-0.3, -0.25) is 0 Å². The number of nitrogens with zero attached hydrogens (tertiary/aromatic N) is 1. The lowest BCUT2D eigenvalue weighted by molar-refractivity contribution is 0.412. The first-order chi connectivity index (χ1) is 7.67. The number of nitrogens with one attached hydrogen (secondary N) is 1. The number of aryl methyl sites for hydroxylation is 1. The van der Waals surface area contributed by atoms with Crippen LogP contribution in [0.5, 0.6) is 5.75 Å². The Morgan fingerprint density at radius 3 is 2.81 bits per heavy atom. The summed E-state index contributed by atoms with van der Waals surface area (Å²) in [7, 11) is 1.63. The molecule has 0 fully saturated rings. The van der Waals surface area contributed by atoms with Gasteiger partial charge in [0.25, 0.3) is 0 Å². The third kappa shape index (κ3) is 1.48. The van der Waals surface area contributed by atoms with Crippen LogP contribution in [0.2, 0.25) is 0 Å². The van der Waals surface area contributed by atoms with E-state index >= 15 is 0 Å². The largest absolute Gasteiger partial charge is 0.496 e. The maximum absolute atomic E-state index is 10.5. The predicted molar refractivity (Wildman–Crippen MR) is 64.3 cm³/mol. The number of ether oxygens (including phenoxy) is 1. The smallest absolute Gasteiger partial charge is 0.131 e. The van der Waals surface area contributed by atoms with Crippen molar-refractivity contribution in [2.45, 2.75) is 6.92 Å². The monoisotopic (exact) mass is 216 g/mol. The molecule has 4 nitrogen and oxygen atoms in total. The molecular formula is C12H12N2O2. The maximum Gasteiger partial charge on any atom is 0.131 e. The number of rotatable bonds is 2. The van der Waals surface area contributed by atoms with Crippen molar-refractivity contribution in [1.29, 1.82) is 0 Å². The summed E-state index contributed by atoms with van der Waals surface area (Å²) in [6.07, 6.45) is 1.55. The number of hydrogen-bond donors (Lipinski definition) is 1. The third-order valence-corrected chi connectivity index (χ3v) is 2.63. The summed E-state index contributed by atoms with van der Waals surface area (Å²) < 4.78 is 5.22. The molecule has 16 heavy (non-hydrogen) atoms. The summed E-state index contributed by atoms with van der Waals surface area (Å²) in [4.78, 5) is 10.5. The van der Waals surface area contributed by atoms with Crippen molar-refractivity contribution in [3.05, 3.63) is 46.6 Å². The number of benzene rings is 1. The van der Waals surface area contributed by atoms with Crippen LogP contribution in [-0.2, 0) is 0 Å². The van der Waals surface area contributed by atoms with Gasteiger partial charge in [-0.2, -0.15) is 0 Å². The quantitative estimate of drug-likeness (QED) is 0.773. The predicted octanol–water partition coefficient (Wildman–Crippen LogP) is 3.05. The molecule has 1 aliphatic rings. The zero-order valence-corrected chi connectivity index (χ0v) is 9.20. The fourth-order valence-corrected chi connectivity index (χ4v) is 1.73. The molecule has 0 aromatic heterocycles. The van der Waals surface area contributed by atoms with E-state index in [4.69, 9.17) is 4.74 Å². The molecule has 0 spiro atoms. The van der Waals surface area contributed by atoms with Gasteiger partial charge in [0.1, 0.15) is 11.4 Å². The summed E-state index contributed by atoms with van der Waals surface area (Å²) in [6, 6.07) is 3.82. The Kier molecular flexibility index (Phi) is 2.48. The standard InChI is InChI=1S/C12H12N2O2/c1-7-4-9-8(2)11(14-15)6-13-10(9)5-12(7)16-3/h4-6,13H,2H2,1,3H3. The minimum atomic E-state index is 0.331. The van der Waals surface area contributed by atoms with Crippen molar-refractivity contribution in [3.8, 4) is 5.75 Å². The van der Waals surface area contributed by atoms with E-state index < -0.39 is 0 Å². The van der Waals surface area contributed by atoms with Crippen molar-refractivity contribution in [2.75, 3.05) is 12.4 Å². The van der Waals surface area contributed by atoms with E-state index in [0.717, 1.165) is 22.6 Å². The highest BCUT2D eigenvalue weighted by atomic mass is 16.5. The van der Waals surface area contributed by atoms with Gasteiger partial charge < -0.3 is 10.1 Å². The third-order valence-electron chi connectivity index (χ3n) is 2.63. The van der Waals surface area contributed by atoms with E-state index in [-0.39, 0.29) is 0 Å². The molecule has 0 saturated carbocycles. The van der Waals surface area contributed by atoms with E-state index in [2.05, 4.69) is 17.1 Å². The van der Waals surface area contributed by atoms with Crippen LogP contribution in [0.1, 0.15) is 11.1 Å². The molecule has 1 aromatic carbocycles. The van der Waals surface area contributed by atoms with Gasteiger partial charge in [0.15, 0.2) is 0 Å². The SMILES string of the molecule is C=C1C(N=O)=CNc2cc(OC)c(C)cc21. The second kappa shape index (κ2) is 3.81. The molecule has 0 saturated heterocycles. The van der Waals surface area contributed by atoms with Gasteiger partial charge in [-0.25, -0.2) is 0 Å². The summed E-state index contributed by atoms with van der Waals surface area (Å²) in [5.41, 5.74) is 3.72. The molecule has 0 aliphatic carbocycles. The van der Waals surface area contributed by atoms with Crippen LogP contribution in [0.25, 0.3) is 5.57 Å². The Balaban J connectivity index is 2.55. The average Bonchev–Trinajstić information content (AvgIpc) is 2.30. The molecule has 0 unspecified atom stereocenters. The molecule has 82 valence electrons. The fourth-order valence-electron chi connectivity index (χ4n) is 1.73. The lowest BCUT2D eigenvalue weighted by Crippen LogP contribution is -2.04. The van der Waals surface area contributed by atoms with Gasteiger partial charge >= 0.3 is 0 Å². The van der Waals surface area contributed by atoms with Gasteiger partial charge in [-0.1, -0.05) is 6.58 Å². The number of anilines is 1. The maximum atomic E-state index is 10.5. The van der Waals surface area contributed by atoms with Crippen LogP contribution in [0.3, 0.4) is 0 Å². The minimum Gasteiger partial charge on any atom is -0.496 e. The van der Waals surface area contributed by atoms with E-state index in [0.29, 0.717) is 11.3 Å². The van der Waals surface area contributed by atoms with Gasteiger partial charge in [-0.15, -0.1) is 4.91 Å². The first-order valence-electron chi connectivity index (χ1n) is 4.85. The van der Waals surface area contributed by atoms with Crippen LogP contribution >= 0.6 is 0 Å². The van der Waals surface area contributed by atoms with Crippen molar-refractivity contribution in [1.82, 2.24) is 0 Å². The molecule has 0 radical (unpaired) electrons. The molecule has 0 bridgehead atoms. The van der Waals surface area contributed by atoms with Gasteiger partial charge in [-0.05, 0) is 23.7 Å². The number of hydrogen-bond acceptors (Lipinski definition) is 4. The molecule has 1 N–H and O–H groups in total. The Morgan fingerprint density at radius 2 is 2.19 bits per heavy atom. The Labute approximate surface area is 93.6 Å². The van der Waals surface area contributed by atoms with Crippen LogP contribution in [0.15, 0.2) is 35.8 Å². The van der Waals surface area contributed by atoms with Crippen LogP contribution < -0.4 is 10.1 Å². The van der Waals surface area contributed by atoms with Crippen molar-refractivity contribution in [3.63, 3.8) is 0 Å². The van der Waals surface area contributed by atoms with E-state index in [1.807, 2.05) is 19.1 Å². The molecule has 2 rings (SSSR count). The Bertz CT molecular complexity index is 504. The highest BCUT2D eigenvalue weighted by Crippen LogP contribution is 2.36. The highest BCUT2D eigenvalue weighted by Gasteiger charge is 2.17. The first kappa shape index (κ1) is 10.4. The number of allylic oxidation sites excluding steroid dienone is 1. The van der Waals surface area contributed by atoms with Gasteiger partial charge in [0.05, 0.1) is 7.11 Å². The summed E-state index contributed by atoms with van der Waals surface area (Å²) in [6.45, 7) is 5.80. The summed E-state index contributed by atoms with van der Waals surface area (Å²) in [5, 5.41) is 5.92. The zero-order valence-electron chi connectivity index (χ0n) is 9.20. The molecule has 4 heteroatoms.